The zero-order chi connectivity index (χ0) is 13.2. The summed E-state index contributed by atoms with van der Waals surface area (Å²) in [5.74, 6) is 0.873. The van der Waals surface area contributed by atoms with E-state index in [1.54, 1.807) is 18.4 Å². The molecule has 18 heavy (non-hydrogen) atoms. The van der Waals surface area contributed by atoms with Crippen LogP contribution in [-0.4, -0.2) is 24.5 Å². The van der Waals surface area contributed by atoms with Crippen LogP contribution in [0.5, 0.6) is 0 Å². The zero-order valence-corrected chi connectivity index (χ0v) is 12.4. The van der Waals surface area contributed by atoms with Gasteiger partial charge in [0.25, 0.3) is 0 Å². The second-order valence-corrected chi connectivity index (χ2v) is 5.58. The van der Waals surface area contributed by atoms with Gasteiger partial charge in [-0.15, -0.1) is 11.3 Å². The van der Waals surface area contributed by atoms with Crippen LogP contribution in [-0.2, 0) is 6.54 Å². The van der Waals surface area contributed by atoms with Crippen molar-refractivity contribution in [3.63, 3.8) is 0 Å². The molecule has 0 aliphatic rings. The largest absolute Gasteiger partial charge is 0.356 e. The summed E-state index contributed by atoms with van der Waals surface area (Å²) in [6.07, 6.45) is 7.00. The molecule has 0 unspecified atom stereocenters. The van der Waals surface area contributed by atoms with Gasteiger partial charge in [-0.25, -0.2) is 4.98 Å². The molecule has 0 fully saturated rings. The molecule has 5 heteroatoms. The van der Waals surface area contributed by atoms with Crippen molar-refractivity contribution in [1.29, 1.82) is 0 Å². The fraction of sp³-hybridized carbons (Fsp3) is 0.692. The maximum absolute atomic E-state index is 4.23. The van der Waals surface area contributed by atoms with Crippen LogP contribution in [0.25, 0.3) is 0 Å². The third-order valence-corrected chi connectivity index (χ3v) is 3.56. The number of aliphatic imine (C=N–C) groups is 1. The van der Waals surface area contributed by atoms with Gasteiger partial charge in [-0.05, 0) is 13.3 Å². The number of aryl methyl sites for hydroxylation is 1. The number of nitrogens with zero attached hydrogens (tertiary/aromatic N) is 2. The normalized spacial score (nSPS) is 11.6. The molecule has 1 rings (SSSR count). The van der Waals surface area contributed by atoms with E-state index in [0.717, 1.165) is 24.1 Å². The molecule has 0 radical (unpaired) electrons. The van der Waals surface area contributed by atoms with Crippen LogP contribution < -0.4 is 10.6 Å². The Morgan fingerprint density at radius 1 is 1.33 bits per heavy atom. The van der Waals surface area contributed by atoms with Gasteiger partial charge in [0.05, 0.1) is 11.6 Å². The number of hydrogen-bond acceptors (Lipinski definition) is 3. The molecular weight excluding hydrogens is 244 g/mol. The lowest BCUT2D eigenvalue weighted by Crippen LogP contribution is -2.37. The van der Waals surface area contributed by atoms with Crippen molar-refractivity contribution in [2.75, 3.05) is 13.6 Å². The van der Waals surface area contributed by atoms with Crippen molar-refractivity contribution in [3.05, 3.63) is 16.1 Å². The molecule has 1 heterocycles. The smallest absolute Gasteiger partial charge is 0.191 e. The van der Waals surface area contributed by atoms with E-state index in [2.05, 4.69) is 27.5 Å². The van der Waals surface area contributed by atoms with E-state index in [1.807, 2.05) is 13.1 Å². The van der Waals surface area contributed by atoms with E-state index in [1.165, 1.54) is 30.6 Å². The third kappa shape index (κ3) is 6.00. The molecule has 4 nitrogen and oxygen atoms in total. The number of nitrogens with one attached hydrogen (secondary N) is 2. The van der Waals surface area contributed by atoms with Crippen LogP contribution in [0.1, 0.15) is 42.5 Å². The van der Waals surface area contributed by atoms with Gasteiger partial charge in [0.2, 0.25) is 0 Å². The molecule has 0 spiro atoms. The molecule has 0 aliphatic carbocycles. The summed E-state index contributed by atoms with van der Waals surface area (Å²) in [7, 11) is 1.80. The van der Waals surface area contributed by atoms with Gasteiger partial charge >= 0.3 is 0 Å². The summed E-state index contributed by atoms with van der Waals surface area (Å²) in [5.41, 5.74) is 0. The Kier molecular flexibility index (Phi) is 7.41. The van der Waals surface area contributed by atoms with E-state index < -0.39 is 0 Å². The molecule has 1 aromatic heterocycles. The highest BCUT2D eigenvalue weighted by molar-refractivity contribution is 7.11. The average molecular weight is 268 g/mol. The Balaban J connectivity index is 2.18. The van der Waals surface area contributed by atoms with Gasteiger partial charge in [-0.2, -0.15) is 0 Å². The Hall–Kier alpha value is -1.10. The first-order valence-electron chi connectivity index (χ1n) is 6.62. The minimum absolute atomic E-state index is 0.792. The van der Waals surface area contributed by atoms with Crippen molar-refractivity contribution in [2.45, 2.75) is 46.1 Å². The van der Waals surface area contributed by atoms with E-state index in [-0.39, 0.29) is 0 Å². The fourth-order valence-corrected chi connectivity index (χ4v) is 2.37. The van der Waals surface area contributed by atoms with Crippen LogP contribution in [0.15, 0.2) is 11.2 Å². The highest BCUT2D eigenvalue weighted by atomic mass is 32.1. The zero-order valence-electron chi connectivity index (χ0n) is 11.6. The SMILES string of the molecule is CCCCCCNC(=NC)NCc1cnc(C)s1. The molecule has 0 aliphatic heterocycles. The maximum Gasteiger partial charge on any atom is 0.191 e. The van der Waals surface area contributed by atoms with Crippen LogP contribution in [0, 0.1) is 6.92 Å². The van der Waals surface area contributed by atoms with Crippen molar-refractivity contribution in [2.24, 2.45) is 4.99 Å². The number of aromatic nitrogens is 1. The second kappa shape index (κ2) is 8.91. The summed E-state index contributed by atoms with van der Waals surface area (Å²) in [6.45, 7) is 6.03. The average Bonchev–Trinajstić information content (AvgIpc) is 2.78. The lowest BCUT2D eigenvalue weighted by Gasteiger charge is -2.10. The summed E-state index contributed by atoms with van der Waals surface area (Å²) >= 11 is 1.72. The molecule has 1 aromatic rings. The van der Waals surface area contributed by atoms with Gasteiger partial charge in [0.15, 0.2) is 5.96 Å². The van der Waals surface area contributed by atoms with Crippen LogP contribution in [0.3, 0.4) is 0 Å². The number of hydrogen-bond donors (Lipinski definition) is 2. The van der Waals surface area contributed by atoms with E-state index in [4.69, 9.17) is 0 Å². The predicted molar refractivity (Wildman–Crippen MR) is 79.2 cm³/mol. The van der Waals surface area contributed by atoms with Gasteiger partial charge in [0, 0.05) is 24.7 Å². The van der Waals surface area contributed by atoms with Crippen molar-refractivity contribution >= 4 is 17.3 Å². The third-order valence-electron chi connectivity index (χ3n) is 2.65. The molecule has 0 saturated carbocycles. The highest BCUT2D eigenvalue weighted by Crippen LogP contribution is 2.10. The summed E-state index contributed by atoms with van der Waals surface area (Å²) in [5, 5.41) is 7.73. The Bertz CT molecular complexity index is 360. The van der Waals surface area contributed by atoms with Crippen LogP contribution in [0.4, 0.5) is 0 Å². The van der Waals surface area contributed by atoms with E-state index in [9.17, 15) is 0 Å². The van der Waals surface area contributed by atoms with Crippen LogP contribution >= 0.6 is 11.3 Å². The maximum atomic E-state index is 4.23. The van der Waals surface area contributed by atoms with Gasteiger partial charge in [0.1, 0.15) is 0 Å². The van der Waals surface area contributed by atoms with E-state index in [0.29, 0.717) is 0 Å². The fourth-order valence-electron chi connectivity index (χ4n) is 1.64. The minimum Gasteiger partial charge on any atom is -0.356 e. The highest BCUT2D eigenvalue weighted by Gasteiger charge is 2.00. The molecule has 0 atom stereocenters. The molecule has 0 amide bonds. The number of guanidine groups is 1. The Morgan fingerprint density at radius 2 is 2.17 bits per heavy atom. The first-order chi connectivity index (χ1) is 8.76. The minimum atomic E-state index is 0.792. The first kappa shape index (κ1) is 15.0. The summed E-state index contributed by atoms with van der Waals surface area (Å²) in [6, 6.07) is 0. The molecule has 0 bridgehead atoms. The Labute approximate surface area is 114 Å². The molecule has 0 aromatic carbocycles. The van der Waals surface area contributed by atoms with Gasteiger partial charge in [-0.3, -0.25) is 4.99 Å². The number of unbranched alkanes of at least 4 members (excludes halogenated alkanes) is 3. The standard InChI is InChI=1S/C13H24N4S/c1-4-5-6-7-8-15-13(14-3)17-10-12-9-16-11(2)18-12/h9H,4-8,10H2,1-3H3,(H2,14,15,17). The summed E-state index contributed by atoms with van der Waals surface area (Å²) in [4.78, 5) is 9.68. The van der Waals surface area contributed by atoms with Gasteiger partial charge < -0.3 is 10.6 Å². The number of rotatable bonds is 7. The Morgan fingerprint density at radius 3 is 2.78 bits per heavy atom. The topological polar surface area (TPSA) is 49.3 Å². The van der Waals surface area contributed by atoms with Crippen molar-refractivity contribution in [3.8, 4) is 0 Å². The van der Waals surface area contributed by atoms with Crippen molar-refractivity contribution in [1.82, 2.24) is 15.6 Å². The van der Waals surface area contributed by atoms with Gasteiger partial charge in [-0.1, -0.05) is 26.2 Å². The molecular formula is C13H24N4S. The molecule has 0 saturated heterocycles. The van der Waals surface area contributed by atoms with Crippen molar-refractivity contribution < 1.29 is 0 Å². The van der Waals surface area contributed by atoms with Crippen LogP contribution in [0.2, 0.25) is 0 Å². The summed E-state index contributed by atoms with van der Waals surface area (Å²) < 4.78 is 0. The lowest BCUT2D eigenvalue weighted by atomic mass is 10.2. The number of thiazole rings is 1. The molecule has 102 valence electrons. The molecule has 2 N–H and O–H groups in total. The predicted octanol–water partition coefficient (Wildman–Crippen LogP) is 2.70. The van der Waals surface area contributed by atoms with E-state index >= 15 is 0 Å². The monoisotopic (exact) mass is 268 g/mol. The second-order valence-electron chi connectivity index (χ2n) is 4.26. The lowest BCUT2D eigenvalue weighted by molar-refractivity contribution is 0.647. The quantitative estimate of drug-likeness (QED) is 0.454. The first-order valence-corrected chi connectivity index (χ1v) is 7.43.